The molecular formula is C15H26IN3O2. The number of nitrogens with one attached hydrogen (secondary N) is 1. The number of hydrogen-bond donors (Lipinski definition) is 2. The molecule has 0 radical (unpaired) electrons. The molecule has 0 saturated heterocycles. The monoisotopic (exact) mass is 407 g/mol. The molecule has 0 heterocycles. The van der Waals surface area contributed by atoms with Gasteiger partial charge in [0.1, 0.15) is 0 Å². The molecular weight excluding hydrogens is 381 g/mol. The fourth-order valence-electron chi connectivity index (χ4n) is 1.83. The van der Waals surface area contributed by atoms with Gasteiger partial charge in [0.15, 0.2) is 17.5 Å². The predicted molar refractivity (Wildman–Crippen MR) is 98.1 cm³/mol. The molecule has 1 rings (SSSR count). The van der Waals surface area contributed by atoms with Crippen molar-refractivity contribution < 1.29 is 9.47 Å². The predicted octanol–water partition coefficient (Wildman–Crippen LogP) is 2.57. The van der Waals surface area contributed by atoms with Crippen LogP contribution in [-0.4, -0.2) is 33.3 Å². The summed E-state index contributed by atoms with van der Waals surface area (Å²) in [5, 5.41) is 3.11. The lowest BCUT2D eigenvalue weighted by atomic mass is 10.1. The van der Waals surface area contributed by atoms with Gasteiger partial charge in [0.05, 0.1) is 14.2 Å². The lowest BCUT2D eigenvalue weighted by Crippen LogP contribution is -2.32. The van der Waals surface area contributed by atoms with Crippen molar-refractivity contribution in [2.45, 2.75) is 26.2 Å². The van der Waals surface area contributed by atoms with Crippen LogP contribution < -0.4 is 20.5 Å². The summed E-state index contributed by atoms with van der Waals surface area (Å²) in [6.45, 7) is 3.66. The quantitative estimate of drug-likeness (QED) is 0.301. The molecule has 0 amide bonds. The molecule has 21 heavy (non-hydrogen) atoms. The van der Waals surface area contributed by atoms with E-state index in [1.165, 1.54) is 5.56 Å². The Morgan fingerprint density at radius 2 is 1.95 bits per heavy atom. The van der Waals surface area contributed by atoms with Gasteiger partial charge in [-0.1, -0.05) is 13.0 Å². The van der Waals surface area contributed by atoms with Crippen molar-refractivity contribution in [2.24, 2.45) is 10.7 Å². The number of guanidine groups is 1. The van der Waals surface area contributed by atoms with Crippen LogP contribution >= 0.6 is 24.0 Å². The highest BCUT2D eigenvalue weighted by Gasteiger charge is 2.04. The minimum Gasteiger partial charge on any atom is -0.493 e. The summed E-state index contributed by atoms with van der Waals surface area (Å²) in [6, 6.07) is 5.99. The second-order valence-electron chi connectivity index (χ2n) is 4.49. The van der Waals surface area contributed by atoms with Crippen LogP contribution in [0.15, 0.2) is 23.2 Å². The number of rotatable bonds is 8. The Bertz CT molecular complexity index is 439. The van der Waals surface area contributed by atoms with Gasteiger partial charge in [0, 0.05) is 13.1 Å². The Balaban J connectivity index is 0.00000400. The third-order valence-corrected chi connectivity index (χ3v) is 2.90. The second kappa shape index (κ2) is 11.5. The molecule has 0 bridgehead atoms. The number of nitrogens with zero attached hydrogens (tertiary/aromatic N) is 1. The van der Waals surface area contributed by atoms with Crippen LogP contribution in [0.2, 0.25) is 0 Å². The first kappa shape index (κ1) is 19.8. The number of halogens is 1. The third-order valence-electron chi connectivity index (χ3n) is 2.90. The Kier molecular flexibility index (Phi) is 10.8. The molecule has 0 aliphatic carbocycles. The zero-order valence-corrected chi connectivity index (χ0v) is 15.3. The Morgan fingerprint density at radius 3 is 2.57 bits per heavy atom. The van der Waals surface area contributed by atoms with Gasteiger partial charge in [-0.3, -0.25) is 4.99 Å². The van der Waals surface area contributed by atoms with E-state index in [4.69, 9.17) is 15.2 Å². The molecule has 6 heteroatoms. The van der Waals surface area contributed by atoms with Crippen molar-refractivity contribution in [1.29, 1.82) is 0 Å². The number of methoxy groups -OCH3 is 2. The molecule has 5 nitrogen and oxygen atoms in total. The summed E-state index contributed by atoms with van der Waals surface area (Å²) in [5.74, 6) is 2.05. The normalized spacial score (nSPS) is 10.7. The first-order valence-corrected chi connectivity index (χ1v) is 6.96. The fraction of sp³-hybridized carbons (Fsp3) is 0.533. The SMILES string of the molecule is CCCN=C(N)NCCCc1ccc(OC)c(OC)c1.I. The summed E-state index contributed by atoms with van der Waals surface area (Å²) in [6.07, 6.45) is 2.94. The van der Waals surface area contributed by atoms with Gasteiger partial charge in [0.2, 0.25) is 0 Å². The van der Waals surface area contributed by atoms with E-state index >= 15 is 0 Å². The molecule has 0 spiro atoms. The first-order chi connectivity index (χ1) is 9.71. The maximum absolute atomic E-state index is 5.73. The third kappa shape index (κ3) is 7.40. The molecule has 0 aliphatic rings. The van der Waals surface area contributed by atoms with Crippen molar-refractivity contribution in [1.82, 2.24) is 5.32 Å². The average Bonchev–Trinajstić information content (AvgIpc) is 2.49. The zero-order valence-electron chi connectivity index (χ0n) is 13.0. The minimum absolute atomic E-state index is 0. The van der Waals surface area contributed by atoms with Gasteiger partial charge in [-0.25, -0.2) is 0 Å². The average molecular weight is 407 g/mol. The minimum atomic E-state index is 0. The molecule has 0 aromatic heterocycles. The summed E-state index contributed by atoms with van der Waals surface area (Å²) >= 11 is 0. The van der Waals surface area contributed by atoms with Crippen molar-refractivity contribution in [3.8, 4) is 11.5 Å². The maximum Gasteiger partial charge on any atom is 0.188 e. The molecule has 1 aromatic rings. The van der Waals surface area contributed by atoms with Gasteiger partial charge in [0.25, 0.3) is 0 Å². The highest BCUT2D eigenvalue weighted by Crippen LogP contribution is 2.27. The first-order valence-electron chi connectivity index (χ1n) is 6.96. The van der Waals surface area contributed by atoms with Crippen LogP contribution in [0.4, 0.5) is 0 Å². The summed E-state index contributed by atoms with van der Waals surface area (Å²) in [5.41, 5.74) is 6.94. The van der Waals surface area contributed by atoms with E-state index < -0.39 is 0 Å². The van der Waals surface area contributed by atoms with Crippen LogP contribution in [-0.2, 0) is 6.42 Å². The summed E-state index contributed by atoms with van der Waals surface area (Å²) in [7, 11) is 3.29. The van der Waals surface area contributed by atoms with Crippen LogP contribution in [0.1, 0.15) is 25.3 Å². The fourth-order valence-corrected chi connectivity index (χ4v) is 1.83. The van der Waals surface area contributed by atoms with E-state index in [9.17, 15) is 0 Å². The molecule has 0 atom stereocenters. The number of benzene rings is 1. The second-order valence-corrected chi connectivity index (χ2v) is 4.49. The number of nitrogens with two attached hydrogens (primary N) is 1. The van der Waals surface area contributed by atoms with Gasteiger partial charge >= 0.3 is 0 Å². The molecule has 0 fully saturated rings. The van der Waals surface area contributed by atoms with Gasteiger partial charge in [-0.2, -0.15) is 0 Å². The van der Waals surface area contributed by atoms with Crippen molar-refractivity contribution in [2.75, 3.05) is 27.3 Å². The number of aliphatic imine (C=N–C) groups is 1. The van der Waals surface area contributed by atoms with E-state index in [1.807, 2.05) is 12.1 Å². The highest BCUT2D eigenvalue weighted by molar-refractivity contribution is 14.0. The summed E-state index contributed by atoms with van der Waals surface area (Å²) < 4.78 is 10.5. The van der Waals surface area contributed by atoms with Crippen LogP contribution in [0, 0.1) is 0 Å². The smallest absolute Gasteiger partial charge is 0.188 e. The Labute approximate surface area is 144 Å². The highest BCUT2D eigenvalue weighted by atomic mass is 127. The largest absolute Gasteiger partial charge is 0.493 e. The molecule has 1 aromatic carbocycles. The van der Waals surface area contributed by atoms with Gasteiger partial charge in [-0.15, -0.1) is 24.0 Å². The van der Waals surface area contributed by atoms with E-state index in [0.29, 0.717) is 5.96 Å². The number of aryl methyl sites for hydroxylation is 1. The number of hydrogen-bond acceptors (Lipinski definition) is 3. The number of ether oxygens (including phenoxy) is 2. The van der Waals surface area contributed by atoms with E-state index in [2.05, 4.69) is 23.3 Å². The van der Waals surface area contributed by atoms with E-state index in [-0.39, 0.29) is 24.0 Å². The van der Waals surface area contributed by atoms with Crippen molar-refractivity contribution >= 4 is 29.9 Å². The standard InChI is InChI=1S/C15H25N3O2.HI/c1-4-9-17-15(16)18-10-5-6-12-7-8-13(19-2)14(11-12)20-3;/h7-8,11H,4-6,9-10H2,1-3H3,(H3,16,17,18);1H. The Hall–Kier alpha value is -1.18. The lowest BCUT2D eigenvalue weighted by Gasteiger charge is -2.10. The maximum atomic E-state index is 5.73. The molecule has 3 N–H and O–H groups in total. The van der Waals surface area contributed by atoms with Crippen LogP contribution in [0.3, 0.4) is 0 Å². The van der Waals surface area contributed by atoms with E-state index in [1.54, 1.807) is 14.2 Å². The lowest BCUT2D eigenvalue weighted by molar-refractivity contribution is 0.354. The van der Waals surface area contributed by atoms with Crippen LogP contribution in [0.5, 0.6) is 11.5 Å². The topological polar surface area (TPSA) is 68.9 Å². The Morgan fingerprint density at radius 1 is 1.24 bits per heavy atom. The van der Waals surface area contributed by atoms with E-state index in [0.717, 1.165) is 43.9 Å². The van der Waals surface area contributed by atoms with Crippen molar-refractivity contribution in [3.63, 3.8) is 0 Å². The van der Waals surface area contributed by atoms with Crippen LogP contribution in [0.25, 0.3) is 0 Å². The summed E-state index contributed by atoms with van der Waals surface area (Å²) in [4.78, 5) is 4.18. The van der Waals surface area contributed by atoms with Gasteiger partial charge in [-0.05, 0) is 37.0 Å². The molecule has 0 saturated carbocycles. The van der Waals surface area contributed by atoms with Gasteiger partial charge < -0.3 is 20.5 Å². The molecule has 0 aliphatic heterocycles. The molecule has 0 unspecified atom stereocenters. The molecule has 120 valence electrons. The van der Waals surface area contributed by atoms with Crippen molar-refractivity contribution in [3.05, 3.63) is 23.8 Å². The zero-order chi connectivity index (χ0) is 14.8.